The standard InChI is InChI=1S/C56H36/c1-2-16-40(17-3-1)54-48-23-8-10-25-50(48)55(51-26-11-9-24-49(51)54)45-31-29-39-32-33-52(47-27-13-19-38-15-6-7-22-46(38)47)56(53(39)36-45)44-21-12-20-42(35-44)43-30-28-37-14-4-5-18-41(37)34-43/h1-36H. The molecule has 0 saturated carbocycles. The van der Waals surface area contributed by atoms with E-state index in [0.29, 0.717) is 0 Å². The number of fused-ring (bicyclic) bond motifs is 5. The van der Waals surface area contributed by atoms with Gasteiger partial charge in [-0.2, -0.15) is 0 Å². The summed E-state index contributed by atoms with van der Waals surface area (Å²) in [6.45, 7) is 0. The Labute approximate surface area is 326 Å². The Morgan fingerprint density at radius 2 is 0.643 bits per heavy atom. The Morgan fingerprint density at radius 3 is 1.39 bits per heavy atom. The van der Waals surface area contributed by atoms with Crippen molar-refractivity contribution >= 4 is 53.9 Å². The fourth-order valence-electron chi connectivity index (χ4n) is 9.05. The Kier molecular flexibility index (Phi) is 7.60. The SMILES string of the molecule is c1ccc(-c2c3ccccc3c(-c3ccc4ccc(-c5cccc6ccccc56)c(-c5cccc(-c6ccc7ccccc7c6)c5)c4c3)c3ccccc23)cc1. The first kappa shape index (κ1) is 32.2. The van der Waals surface area contributed by atoms with Crippen LogP contribution in [-0.2, 0) is 0 Å². The van der Waals surface area contributed by atoms with Crippen molar-refractivity contribution in [2.75, 3.05) is 0 Å². The first-order chi connectivity index (χ1) is 27.8. The lowest BCUT2D eigenvalue weighted by Crippen LogP contribution is -1.93. The van der Waals surface area contributed by atoms with E-state index in [4.69, 9.17) is 0 Å². The van der Waals surface area contributed by atoms with Crippen molar-refractivity contribution in [1.29, 1.82) is 0 Å². The molecular formula is C56H36. The molecule has 0 bridgehead atoms. The van der Waals surface area contributed by atoms with E-state index in [1.165, 1.54) is 109 Å². The number of hydrogen-bond acceptors (Lipinski definition) is 0. The lowest BCUT2D eigenvalue weighted by molar-refractivity contribution is 1.60. The molecule has 0 N–H and O–H groups in total. The van der Waals surface area contributed by atoms with E-state index in [1.54, 1.807) is 0 Å². The molecule has 260 valence electrons. The van der Waals surface area contributed by atoms with Crippen molar-refractivity contribution in [3.63, 3.8) is 0 Å². The van der Waals surface area contributed by atoms with Gasteiger partial charge in [-0.05, 0) is 128 Å². The molecule has 0 amide bonds. The predicted molar refractivity (Wildman–Crippen MR) is 241 cm³/mol. The van der Waals surface area contributed by atoms with Crippen molar-refractivity contribution in [3.05, 3.63) is 218 Å². The minimum atomic E-state index is 1.20. The van der Waals surface area contributed by atoms with Gasteiger partial charge < -0.3 is 0 Å². The Morgan fingerprint density at radius 1 is 0.179 bits per heavy atom. The number of benzene rings is 11. The van der Waals surface area contributed by atoms with E-state index in [2.05, 4.69) is 218 Å². The molecule has 0 heterocycles. The highest BCUT2D eigenvalue weighted by molar-refractivity contribution is 6.22. The van der Waals surface area contributed by atoms with E-state index in [0.717, 1.165) is 0 Å². The van der Waals surface area contributed by atoms with E-state index in [1.807, 2.05) is 0 Å². The molecule has 0 atom stereocenters. The summed E-state index contributed by atoms with van der Waals surface area (Å²) in [6, 6.07) is 80.5. The zero-order chi connectivity index (χ0) is 37.0. The molecule has 0 aliphatic heterocycles. The molecule has 56 heavy (non-hydrogen) atoms. The first-order valence-electron chi connectivity index (χ1n) is 19.4. The van der Waals surface area contributed by atoms with Gasteiger partial charge in [-0.15, -0.1) is 0 Å². The van der Waals surface area contributed by atoms with Crippen LogP contribution in [0.3, 0.4) is 0 Å². The molecule has 11 aromatic carbocycles. The van der Waals surface area contributed by atoms with Crippen LogP contribution in [0.25, 0.3) is 109 Å². The summed E-state index contributed by atoms with van der Waals surface area (Å²) < 4.78 is 0. The normalized spacial score (nSPS) is 11.6. The van der Waals surface area contributed by atoms with Crippen LogP contribution in [0.4, 0.5) is 0 Å². The molecule has 0 fully saturated rings. The van der Waals surface area contributed by atoms with E-state index in [9.17, 15) is 0 Å². The number of hydrogen-bond donors (Lipinski definition) is 0. The second-order valence-corrected chi connectivity index (χ2v) is 14.8. The molecule has 11 rings (SSSR count). The molecule has 0 heteroatoms. The molecule has 0 saturated heterocycles. The molecular weight excluding hydrogens is 673 g/mol. The first-order valence-corrected chi connectivity index (χ1v) is 19.4. The van der Waals surface area contributed by atoms with Crippen LogP contribution in [-0.4, -0.2) is 0 Å². The van der Waals surface area contributed by atoms with Crippen molar-refractivity contribution < 1.29 is 0 Å². The second-order valence-electron chi connectivity index (χ2n) is 14.8. The average molecular weight is 709 g/mol. The third kappa shape index (κ3) is 5.30. The molecule has 0 nitrogen and oxygen atoms in total. The smallest absolute Gasteiger partial charge is 0.00261 e. The highest BCUT2D eigenvalue weighted by Crippen LogP contribution is 2.47. The minimum Gasteiger partial charge on any atom is -0.0622 e. The summed E-state index contributed by atoms with van der Waals surface area (Å²) in [5.41, 5.74) is 12.3. The van der Waals surface area contributed by atoms with Crippen molar-refractivity contribution in [2.45, 2.75) is 0 Å². The molecule has 0 aromatic heterocycles. The highest BCUT2D eigenvalue weighted by atomic mass is 14.2. The van der Waals surface area contributed by atoms with Crippen molar-refractivity contribution in [2.24, 2.45) is 0 Å². The van der Waals surface area contributed by atoms with Crippen LogP contribution in [0.5, 0.6) is 0 Å². The van der Waals surface area contributed by atoms with Gasteiger partial charge in [-0.3, -0.25) is 0 Å². The monoisotopic (exact) mass is 708 g/mol. The maximum Gasteiger partial charge on any atom is -0.00261 e. The van der Waals surface area contributed by atoms with Gasteiger partial charge >= 0.3 is 0 Å². The summed E-state index contributed by atoms with van der Waals surface area (Å²) >= 11 is 0. The second kappa shape index (κ2) is 13.2. The van der Waals surface area contributed by atoms with E-state index in [-0.39, 0.29) is 0 Å². The molecule has 0 radical (unpaired) electrons. The third-order valence-corrected chi connectivity index (χ3v) is 11.6. The summed E-state index contributed by atoms with van der Waals surface area (Å²) in [4.78, 5) is 0. The largest absolute Gasteiger partial charge is 0.0622 e. The minimum absolute atomic E-state index is 1.20. The van der Waals surface area contributed by atoms with Crippen LogP contribution in [0.1, 0.15) is 0 Å². The van der Waals surface area contributed by atoms with Gasteiger partial charge in [0.2, 0.25) is 0 Å². The summed E-state index contributed by atoms with van der Waals surface area (Å²) in [5, 5.41) is 12.5. The van der Waals surface area contributed by atoms with Gasteiger partial charge in [0.1, 0.15) is 0 Å². The third-order valence-electron chi connectivity index (χ3n) is 11.6. The Bertz CT molecular complexity index is 3230. The lowest BCUT2D eigenvalue weighted by atomic mass is 9.83. The van der Waals surface area contributed by atoms with Gasteiger partial charge in [-0.25, -0.2) is 0 Å². The molecule has 0 spiro atoms. The van der Waals surface area contributed by atoms with Crippen LogP contribution in [0.15, 0.2) is 218 Å². The Balaban J connectivity index is 1.21. The van der Waals surface area contributed by atoms with Gasteiger partial charge in [0, 0.05) is 0 Å². The highest BCUT2D eigenvalue weighted by Gasteiger charge is 2.19. The summed E-state index contributed by atoms with van der Waals surface area (Å²) in [7, 11) is 0. The molecule has 0 aliphatic rings. The van der Waals surface area contributed by atoms with Gasteiger partial charge in [0.15, 0.2) is 0 Å². The zero-order valence-electron chi connectivity index (χ0n) is 30.8. The predicted octanol–water partition coefficient (Wildman–Crippen LogP) is 15.8. The van der Waals surface area contributed by atoms with Crippen molar-refractivity contribution in [3.8, 4) is 55.6 Å². The maximum atomic E-state index is 2.46. The quantitative estimate of drug-likeness (QED) is 0.156. The fraction of sp³-hybridized carbons (Fsp3) is 0. The van der Waals surface area contributed by atoms with E-state index < -0.39 is 0 Å². The summed E-state index contributed by atoms with van der Waals surface area (Å²) in [5.74, 6) is 0. The van der Waals surface area contributed by atoms with Gasteiger partial charge in [-0.1, -0.05) is 200 Å². The van der Waals surface area contributed by atoms with Crippen LogP contribution in [0.2, 0.25) is 0 Å². The molecule has 11 aromatic rings. The van der Waals surface area contributed by atoms with Crippen LogP contribution in [0, 0.1) is 0 Å². The van der Waals surface area contributed by atoms with Gasteiger partial charge in [0.05, 0.1) is 0 Å². The van der Waals surface area contributed by atoms with Crippen molar-refractivity contribution in [1.82, 2.24) is 0 Å². The van der Waals surface area contributed by atoms with Crippen LogP contribution < -0.4 is 0 Å². The number of rotatable bonds is 5. The topological polar surface area (TPSA) is 0 Å². The maximum absolute atomic E-state index is 2.46. The molecule has 0 unspecified atom stereocenters. The summed E-state index contributed by atoms with van der Waals surface area (Å²) in [6.07, 6.45) is 0. The van der Waals surface area contributed by atoms with E-state index >= 15 is 0 Å². The fourth-order valence-corrected chi connectivity index (χ4v) is 9.05. The van der Waals surface area contributed by atoms with Gasteiger partial charge in [0.25, 0.3) is 0 Å². The Hall–Kier alpha value is -7.28. The zero-order valence-corrected chi connectivity index (χ0v) is 30.8. The van der Waals surface area contributed by atoms with Crippen LogP contribution >= 0.6 is 0 Å². The average Bonchev–Trinajstić information content (AvgIpc) is 3.27. The molecule has 0 aliphatic carbocycles. The lowest BCUT2D eigenvalue weighted by Gasteiger charge is -2.20.